The van der Waals surface area contributed by atoms with Crippen molar-refractivity contribution in [3.05, 3.63) is 11.5 Å². The van der Waals surface area contributed by atoms with Gasteiger partial charge in [0.05, 0.1) is 5.69 Å². The summed E-state index contributed by atoms with van der Waals surface area (Å²) < 4.78 is 2.30. The van der Waals surface area contributed by atoms with E-state index in [0.29, 0.717) is 12.0 Å². The molecule has 0 aliphatic heterocycles. The van der Waals surface area contributed by atoms with Crippen LogP contribution in [0.15, 0.2) is 0 Å². The Morgan fingerprint density at radius 2 is 1.81 bits per heavy atom. The predicted octanol–water partition coefficient (Wildman–Crippen LogP) is 5.22. The Bertz CT molecular complexity index is 428. The summed E-state index contributed by atoms with van der Waals surface area (Å²) in [6, 6.07) is 0.418. The van der Waals surface area contributed by atoms with E-state index >= 15 is 0 Å². The number of rotatable bonds is 8. The van der Waals surface area contributed by atoms with E-state index < -0.39 is 0 Å². The molecule has 0 amide bonds. The third-order valence-electron chi connectivity index (χ3n) is 4.81. The molecule has 21 heavy (non-hydrogen) atoms. The van der Waals surface area contributed by atoms with Gasteiger partial charge in [0.1, 0.15) is 11.6 Å². The molecular weight excluding hydrogens is 258 g/mol. The summed E-state index contributed by atoms with van der Waals surface area (Å²) in [5.74, 6) is 2.84. The van der Waals surface area contributed by atoms with Crippen molar-refractivity contribution < 1.29 is 0 Å². The van der Waals surface area contributed by atoms with Crippen LogP contribution in [0.5, 0.6) is 0 Å². The molecule has 1 heterocycles. The Hall–Kier alpha value is -0.990. The van der Waals surface area contributed by atoms with Crippen molar-refractivity contribution in [2.75, 3.05) is 5.73 Å². The van der Waals surface area contributed by atoms with Gasteiger partial charge in [-0.3, -0.25) is 0 Å². The molecule has 2 N–H and O–H groups in total. The smallest absolute Gasteiger partial charge is 0.127 e. The lowest BCUT2D eigenvalue weighted by Crippen LogP contribution is -2.12. The maximum absolute atomic E-state index is 6.41. The SMILES string of the molecule is CCCCCCCc1nc(C2CCCC2)n(C(C)C)c1N. The molecule has 1 aliphatic rings. The van der Waals surface area contributed by atoms with E-state index in [0.717, 1.165) is 17.9 Å². The van der Waals surface area contributed by atoms with Crippen LogP contribution in [0.2, 0.25) is 0 Å². The second kappa shape index (κ2) is 7.86. The third-order valence-corrected chi connectivity index (χ3v) is 4.81. The first-order valence-electron chi connectivity index (χ1n) is 9.01. The lowest BCUT2D eigenvalue weighted by molar-refractivity contribution is 0.534. The molecule has 1 aromatic heterocycles. The quantitative estimate of drug-likeness (QED) is 0.668. The van der Waals surface area contributed by atoms with E-state index in [1.165, 1.54) is 63.6 Å². The van der Waals surface area contributed by atoms with Gasteiger partial charge in [-0.15, -0.1) is 0 Å². The molecular formula is C18H33N3. The Morgan fingerprint density at radius 1 is 1.14 bits per heavy atom. The molecule has 0 atom stereocenters. The van der Waals surface area contributed by atoms with Gasteiger partial charge in [-0.1, -0.05) is 45.4 Å². The van der Waals surface area contributed by atoms with Crippen LogP contribution >= 0.6 is 0 Å². The first kappa shape index (κ1) is 16.4. The lowest BCUT2D eigenvalue weighted by Gasteiger charge is -2.17. The Balaban J connectivity index is 2.05. The van der Waals surface area contributed by atoms with Crippen LogP contribution in [-0.2, 0) is 6.42 Å². The van der Waals surface area contributed by atoms with E-state index in [2.05, 4.69) is 25.3 Å². The summed E-state index contributed by atoms with van der Waals surface area (Å²) in [7, 11) is 0. The van der Waals surface area contributed by atoms with Gasteiger partial charge in [0, 0.05) is 12.0 Å². The lowest BCUT2D eigenvalue weighted by atomic mass is 10.1. The normalized spacial score (nSPS) is 16.2. The zero-order valence-corrected chi connectivity index (χ0v) is 14.2. The fraction of sp³-hybridized carbons (Fsp3) is 0.833. The fourth-order valence-corrected chi connectivity index (χ4v) is 3.61. The zero-order chi connectivity index (χ0) is 15.2. The largest absolute Gasteiger partial charge is 0.384 e. The van der Waals surface area contributed by atoms with Gasteiger partial charge < -0.3 is 10.3 Å². The molecule has 1 aliphatic carbocycles. The maximum atomic E-state index is 6.41. The average Bonchev–Trinajstić information content (AvgIpc) is 3.06. The van der Waals surface area contributed by atoms with Gasteiger partial charge in [-0.2, -0.15) is 0 Å². The first-order chi connectivity index (χ1) is 10.1. The molecule has 0 radical (unpaired) electrons. The van der Waals surface area contributed by atoms with Crippen molar-refractivity contribution in [3.63, 3.8) is 0 Å². The fourth-order valence-electron chi connectivity index (χ4n) is 3.61. The molecule has 3 nitrogen and oxygen atoms in total. The minimum atomic E-state index is 0.418. The molecule has 0 bridgehead atoms. The van der Waals surface area contributed by atoms with Gasteiger partial charge in [0.25, 0.3) is 0 Å². The summed E-state index contributed by atoms with van der Waals surface area (Å²) in [4.78, 5) is 4.97. The van der Waals surface area contributed by atoms with Crippen molar-refractivity contribution in [2.45, 2.75) is 96.9 Å². The van der Waals surface area contributed by atoms with E-state index in [-0.39, 0.29) is 0 Å². The second-order valence-corrected chi connectivity index (χ2v) is 6.91. The number of aromatic nitrogens is 2. The van der Waals surface area contributed by atoms with Crippen LogP contribution in [0.1, 0.15) is 102 Å². The van der Waals surface area contributed by atoms with Crippen LogP contribution < -0.4 is 5.73 Å². The number of hydrogen-bond donors (Lipinski definition) is 1. The number of hydrogen-bond acceptors (Lipinski definition) is 2. The molecule has 120 valence electrons. The zero-order valence-electron chi connectivity index (χ0n) is 14.2. The number of anilines is 1. The minimum Gasteiger partial charge on any atom is -0.384 e. The second-order valence-electron chi connectivity index (χ2n) is 6.91. The summed E-state index contributed by atoms with van der Waals surface area (Å²) in [5.41, 5.74) is 7.57. The standard InChI is InChI=1S/C18H33N3/c1-4-5-6-7-8-13-16-17(19)21(14(2)3)18(20-16)15-11-9-10-12-15/h14-15H,4-13,19H2,1-3H3. The minimum absolute atomic E-state index is 0.418. The summed E-state index contributed by atoms with van der Waals surface area (Å²) in [5, 5.41) is 0. The molecule has 0 spiro atoms. The molecule has 1 saturated carbocycles. The third kappa shape index (κ3) is 4.02. The molecule has 1 fully saturated rings. The highest BCUT2D eigenvalue weighted by Crippen LogP contribution is 2.36. The average molecular weight is 291 g/mol. The topological polar surface area (TPSA) is 43.8 Å². The number of unbranched alkanes of at least 4 members (excludes halogenated alkanes) is 4. The van der Waals surface area contributed by atoms with E-state index in [4.69, 9.17) is 10.7 Å². The van der Waals surface area contributed by atoms with Crippen LogP contribution in [0, 0.1) is 0 Å². The predicted molar refractivity (Wildman–Crippen MR) is 90.7 cm³/mol. The monoisotopic (exact) mass is 291 g/mol. The molecule has 0 unspecified atom stereocenters. The Kier molecular flexibility index (Phi) is 6.13. The Morgan fingerprint density at radius 3 is 2.43 bits per heavy atom. The van der Waals surface area contributed by atoms with Crippen molar-refractivity contribution in [2.24, 2.45) is 0 Å². The highest BCUT2D eigenvalue weighted by molar-refractivity contribution is 5.40. The first-order valence-corrected chi connectivity index (χ1v) is 9.01. The van der Waals surface area contributed by atoms with Crippen molar-refractivity contribution in [1.82, 2.24) is 9.55 Å². The van der Waals surface area contributed by atoms with Crippen molar-refractivity contribution >= 4 is 5.82 Å². The molecule has 3 heteroatoms. The van der Waals surface area contributed by atoms with E-state index in [1.807, 2.05) is 0 Å². The number of nitrogens with two attached hydrogens (primary N) is 1. The van der Waals surface area contributed by atoms with Gasteiger partial charge in [0.2, 0.25) is 0 Å². The van der Waals surface area contributed by atoms with Crippen molar-refractivity contribution in [3.8, 4) is 0 Å². The van der Waals surface area contributed by atoms with Crippen LogP contribution in [-0.4, -0.2) is 9.55 Å². The van der Waals surface area contributed by atoms with Gasteiger partial charge in [-0.25, -0.2) is 4.98 Å². The van der Waals surface area contributed by atoms with Gasteiger partial charge in [0.15, 0.2) is 0 Å². The summed E-state index contributed by atoms with van der Waals surface area (Å²) in [6.45, 7) is 6.71. The number of aryl methyl sites for hydroxylation is 1. The highest BCUT2D eigenvalue weighted by atomic mass is 15.2. The van der Waals surface area contributed by atoms with Gasteiger partial charge >= 0.3 is 0 Å². The maximum Gasteiger partial charge on any atom is 0.127 e. The van der Waals surface area contributed by atoms with Crippen LogP contribution in [0.25, 0.3) is 0 Å². The van der Waals surface area contributed by atoms with Crippen LogP contribution in [0.3, 0.4) is 0 Å². The summed E-state index contributed by atoms with van der Waals surface area (Å²) >= 11 is 0. The highest BCUT2D eigenvalue weighted by Gasteiger charge is 2.26. The molecule has 1 aromatic rings. The van der Waals surface area contributed by atoms with Gasteiger partial charge in [-0.05, 0) is 39.5 Å². The van der Waals surface area contributed by atoms with E-state index in [1.54, 1.807) is 0 Å². The molecule has 2 rings (SSSR count). The Labute approximate surface area is 130 Å². The number of imidazole rings is 1. The number of nitrogens with zero attached hydrogens (tertiary/aromatic N) is 2. The molecule has 0 saturated heterocycles. The number of nitrogen functional groups attached to an aromatic ring is 1. The van der Waals surface area contributed by atoms with E-state index in [9.17, 15) is 0 Å². The summed E-state index contributed by atoms with van der Waals surface area (Å²) in [6.07, 6.45) is 12.9. The molecule has 0 aromatic carbocycles. The van der Waals surface area contributed by atoms with Crippen molar-refractivity contribution in [1.29, 1.82) is 0 Å². The van der Waals surface area contributed by atoms with Crippen LogP contribution in [0.4, 0.5) is 5.82 Å².